The van der Waals surface area contributed by atoms with Crippen molar-refractivity contribution in [2.45, 2.75) is 9.79 Å². The predicted octanol–water partition coefficient (Wildman–Crippen LogP) is 6.97. The maximum atomic E-state index is 5.19. The van der Waals surface area contributed by atoms with Gasteiger partial charge in [0, 0.05) is 15.2 Å². The largest absolute Gasteiger partial charge is 0.278 e. The molecule has 0 N–H and O–H groups in total. The summed E-state index contributed by atoms with van der Waals surface area (Å²) in [4.78, 5) is 14.9. The third-order valence-corrected chi connectivity index (χ3v) is 6.89. The van der Waals surface area contributed by atoms with Crippen molar-refractivity contribution in [3.8, 4) is 0 Å². The normalized spacial score (nSPS) is 13.0. The van der Waals surface area contributed by atoms with Gasteiger partial charge in [0.1, 0.15) is 5.65 Å². The second-order valence-corrected chi connectivity index (χ2v) is 8.65. The Bertz CT molecular complexity index is 1590. The van der Waals surface area contributed by atoms with Gasteiger partial charge in [-0.15, -0.1) is 0 Å². The second-order valence-electron chi connectivity index (χ2n) is 7.56. The molecule has 2 aromatic heterocycles. The summed E-state index contributed by atoms with van der Waals surface area (Å²) in [5.41, 5.74) is 6.15. The highest BCUT2D eigenvalue weighted by molar-refractivity contribution is 7.99. The van der Waals surface area contributed by atoms with E-state index in [1.807, 2.05) is 18.2 Å². The lowest BCUT2D eigenvalue weighted by molar-refractivity contribution is 1.04. The maximum Gasteiger partial charge on any atom is 0.221 e. The Balaban J connectivity index is 1.67. The summed E-state index contributed by atoms with van der Waals surface area (Å²) < 4.78 is 2.20. The summed E-state index contributed by atoms with van der Waals surface area (Å²) in [7, 11) is 0. The molecule has 0 saturated carbocycles. The fraction of sp³-hybridized carbons (Fsp3) is 0. The molecule has 0 unspecified atom stereocenters. The van der Waals surface area contributed by atoms with Crippen molar-refractivity contribution in [2.75, 3.05) is 4.90 Å². The van der Waals surface area contributed by atoms with E-state index in [2.05, 4.69) is 88.2 Å². The van der Waals surface area contributed by atoms with E-state index in [4.69, 9.17) is 9.97 Å². The molecule has 0 bridgehead atoms. The third kappa shape index (κ3) is 2.38. The van der Waals surface area contributed by atoms with E-state index < -0.39 is 0 Å². The van der Waals surface area contributed by atoms with E-state index in [-0.39, 0.29) is 0 Å². The summed E-state index contributed by atoms with van der Waals surface area (Å²) in [6.45, 7) is 0. The number of benzene rings is 4. The highest BCUT2D eigenvalue weighted by Gasteiger charge is 2.28. The first-order chi connectivity index (χ1) is 15.4. The van der Waals surface area contributed by atoms with E-state index in [9.17, 15) is 0 Å². The summed E-state index contributed by atoms with van der Waals surface area (Å²) >= 11 is 1.80. The highest BCUT2D eigenvalue weighted by Crippen LogP contribution is 2.51. The minimum Gasteiger partial charge on any atom is -0.278 e. The summed E-state index contributed by atoms with van der Waals surface area (Å²) in [6.07, 6.45) is 0. The number of nitrogens with zero attached hydrogens (tertiary/aromatic N) is 4. The van der Waals surface area contributed by atoms with Crippen molar-refractivity contribution < 1.29 is 0 Å². The number of hydrogen-bond acceptors (Lipinski definition) is 4. The summed E-state index contributed by atoms with van der Waals surface area (Å²) in [5, 5.41) is 1.05. The molecule has 7 rings (SSSR count). The van der Waals surface area contributed by atoms with Crippen LogP contribution in [0.15, 0.2) is 107 Å². The minimum absolute atomic E-state index is 0.850. The first-order valence-electron chi connectivity index (χ1n) is 10.2. The van der Waals surface area contributed by atoms with Crippen LogP contribution in [-0.4, -0.2) is 14.4 Å². The molecule has 0 atom stereocenters. The molecule has 3 heterocycles. The molecule has 4 nitrogen and oxygen atoms in total. The van der Waals surface area contributed by atoms with Gasteiger partial charge < -0.3 is 0 Å². The molecule has 0 radical (unpaired) electrons. The molecule has 4 aromatic carbocycles. The van der Waals surface area contributed by atoms with Crippen LogP contribution in [0.4, 0.5) is 17.3 Å². The first-order valence-corrected chi connectivity index (χ1v) is 11.0. The Kier molecular flexibility index (Phi) is 3.45. The zero-order chi connectivity index (χ0) is 20.4. The molecule has 0 aliphatic carbocycles. The van der Waals surface area contributed by atoms with Gasteiger partial charge in [-0.05, 0) is 48.5 Å². The number of anilines is 3. The van der Waals surface area contributed by atoms with E-state index in [0.29, 0.717) is 0 Å². The van der Waals surface area contributed by atoms with Gasteiger partial charge in [-0.3, -0.25) is 9.30 Å². The molecule has 1 aliphatic rings. The van der Waals surface area contributed by atoms with Crippen LogP contribution >= 0.6 is 11.8 Å². The van der Waals surface area contributed by atoms with Gasteiger partial charge >= 0.3 is 0 Å². The molecule has 6 aromatic rings. The number of aromatic nitrogens is 3. The van der Waals surface area contributed by atoms with Crippen molar-refractivity contribution in [3.05, 3.63) is 97.1 Å². The van der Waals surface area contributed by atoms with Crippen molar-refractivity contribution in [1.82, 2.24) is 14.4 Å². The van der Waals surface area contributed by atoms with Gasteiger partial charge in [-0.1, -0.05) is 60.3 Å². The van der Waals surface area contributed by atoms with E-state index in [0.717, 1.165) is 44.9 Å². The van der Waals surface area contributed by atoms with Gasteiger partial charge in [-0.25, -0.2) is 9.97 Å². The zero-order valence-corrected chi connectivity index (χ0v) is 17.3. The first kappa shape index (κ1) is 16.9. The number of para-hydroxylation sites is 5. The Hall–Kier alpha value is -3.83. The molecule has 0 saturated heterocycles. The lowest BCUT2D eigenvalue weighted by Crippen LogP contribution is -2.19. The molecule has 31 heavy (non-hydrogen) atoms. The van der Waals surface area contributed by atoms with Crippen molar-refractivity contribution in [2.24, 2.45) is 0 Å². The maximum absolute atomic E-state index is 5.19. The van der Waals surface area contributed by atoms with E-state index in [1.165, 1.54) is 9.79 Å². The van der Waals surface area contributed by atoms with E-state index in [1.54, 1.807) is 11.8 Å². The lowest BCUT2D eigenvalue weighted by atomic mass is 10.2. The molecule has 0 amide bonds. The zero-order valence-electron chi connectivity index (χ0n) is 16.4. The number of imidazole rings is 1. The Morgan fingerprint density at radius 3 is 1.97 bits per heavy atom. The number of fused-ring (bicyclic) bond motifs is 7. The molecular formula is C26H16N4S. The van der Waals surface area contributed by atoms with Crippen LogP contribution in [0.25, 0.3) is 27.6 Å². The molecule has 0 spiro atoms. The fourth-order valence-electron chi connectivity index (χ4n) is 4.40. The van der Waals surface area contributed by atoms with Crippen LogP contribution in [-0.2, 0) is 0 Å². The van der Waals surface area contributed by atoms with Crippen LogP contribution < -0.4 is 4.90 Å². The van der Waals surface area contributed by atoms with E-state index >= 15 is 0 Å². The molecule has 1 aliphatic heterocycles. The van der Waals surface area contributed by atoms with Crippen molar-refractivity contribution >= 4 is 56.7 Å². The van der Waals surface area contributed by atoms with Gasteiger partial charge in [0.25, 0.3) is 0 Å². The molecule has 5 heteroatoms. The standard InChI is InChI=1S/C26H16N4S/c1-2-10-18-17(9-1)25-27-19-11-3-4-12-20(19)30(25)26(28-18)29-21-13-5-7-15-23(21)31-24-16-8-6-14-22(24)29/h1-16H. The SMILES string of the molecule is c1ccc2c(c1)Sc1ccccc1N2c1nc2ccccc2c2nc3ccccc3n12. The second kappa shape index (κ2) is 6.33. The molecule has 146 valence electrons. The average Bonchev–Trinajstić information content (AvgIpc) is 3.22. The quantitative estimate of drug-likeness (QED) is 0.289. The van der Waals surface area contributed by atoms with Gasteiger partial charge in [0.05, 0.1) is 27.9 Å². The van der Waals surface area contributed by atoms with Crippen LogP contribution in [0, 0.1) is 0 Å². The van der Waals surface area contributed by atoms with Crippen molar-refractivity contribution in [3.63, 3.8) is 0 Å². The smallest absolute Gasteiger partial charge is 0.221 e. The lowest BCUT2D eigenvalue weighted by Gasteiger charge is -2.32. The number of rotatable bonds is 1. The topological polar surface area (TPSA) is 33.4 Å². The van der Waals surface area contributed by atoms with Gasteiger partial charge in [0.2, 0.25) is 5.95 Å². The van der Waals surface area contributed by atoms with Crippen LogP contribution in [0.5, 0.6) is 0 Å². The Morgan fingerprint density at radius 2 is 1.19 bits per heavy atom. The average molecular weight is 417 g/mol. The van der Waals surface area contributed by atoms with Gasteiger partial charge in [0.15, 0.2) is 0 Å². The fourth-order valence-corrected chi connectivity index (χ4v) is 5.46. The summed E-state index contributed by atoms with van der Waals surface area (Å²) in [5.74, 6) is 0.850. The highest BCUT2D eigenvalue weighted by atomic mass is 32.2. The molecular weight excluding hydrogens is 400 g/mol. The van der Waals surface area contributed by atoms with Crippen LogP contribution in [0.1, 0.15) is 0 Å². The Labute approximate surface area is 182 Å². The third-order valence-electron chi connectivity index (χ3n) is 5.76. The summed E-state index contributed by atoms with van der Waals surface area (Å²) in [6, 6.07) is 33.6. The molecule has 0 fully saturated rings. The predicted molar refractivity (Wildman–Crippen MR) is 127 cm³/mol. The minimum atomic E-state index is 0.850. The van der Waals surface area contributed by atoms with Crippen molar-refractivity contribution in [1.29, 1.82) is 0 Å². The monoisotopic (exact) mass is 416 g/mol. The Morgan fingerprint density at radius 1 is 0.581 bits per heavy atom. The van der Waals surface area contributed by atoms with Crippen LogP contribution in [0.2, 0.25) is 0 Å². The van der Waals surface area contributed by atoms with Crippen LogP contribution in [0.3, 0.4) is 0 Å². The number of hydrogen-bond donors (Lipinski definition) is 0. The van der Waals surface area contributed by atoms with Gasteiger partial charge in [-0.2, -0.15) is 0 Å².